The van der Waals surface area contributed by atoms with Crippen molar-refractivity contribution >= 4 is 46.8 Å². The molecule has 398 valence electrons. The molecule has 16 nitrogen and oxygen atoms in total. The number of rotatable bonds is 40. The third kappa shape index (κ3) is 33.4. The molecule has 0 radical (unpaired) electrons. The van der Waals surface area contributed by atoms with E-state index in [9.17, 15) is 0 Å². The maximum absolute atomic E-state index is 5.71. The molecular formula is C47H95ClN4O12Si4. The molecule has 68 heavy (non-hydrogen) atoms. The minimum Gasteiger partial charge on any atom is -0.377 e. The van der Waals surface area contributed by atoms with Crippen LogP contribution in [0.2, 0.25) is 24.2 Å². The van der Waals surface area contributed by atoms with Crippen molar-refractivity contribution in [2.24, 2.45) is 0 Å². The smallest absolute Gasteiger partial charge is 0.377 e. The van der Waals surface area contributed by atoms with E-state index in [1.807, 2.05) is 12.1 Å². The first-order chi connectivity index (χ1) is 33.0. The standard InChI is InChI=1S/C17H30N2O3Si.C15H28N2O3Si.C9H22O3Si.C6H15ClO3Si/c1-4-14-22-23(20-2,21-3)15-8-11-18-12-13-19-16-17-9-6-5-7-10-17;1-18-21(19-2,20-3)13-7-10-16-11-12-17-14-15-8-5-4-6-9-15;1-5-6-7-8-9-13(10-2,11-3)12-4;1-8-11(9-2,10-3)6-4-5-7/h4-7,9-10,18-19H,1,8,11-16H2,2-3H3;4-6,8-9,16-17H,7,10-14H2,1-3H3;5-9H2,1-4H3;4-6H2,1-3H3. The Kier molecular flexibility index (Phi) is 47.3. The van der Waals surface area contributed by atoms with Crippen molar-refractivity contribution in [2.75, 3.05) is 130 Å². The summed E-state index contributed by atoms with van der Waals surface area (Å²) in [6.45, 7) is 13.8. The largest absolute Gasteiger partial charge is 0.500 e. The Labute approximate surface area is 422 Å². The molecule has 0 aromatic heterocycles. The molecule has 0 saturated heterocycles. The third-order valence-electron chi connectivity index (χ3n) is 10.8. The highest BCUT2D eigenvalue weighted by atomic mass is 35.5. The zero-order valence-electron chi connectivity index (χ0n) is 44.2. The molecule has 2 rings (SSSR count). The number of hydrogen-bond donors (Lipinski definition) is 4. The first-order valence-corrected chi connectivity index (χ1v) is 32.1. The molecule has 0 aliphatic carbocycles. The number of alkyl halides is 1. The number of nitrogens with one attached hydrogen (secondary N) is 4. The van der Waals surface area contributed by atoms with Gasteiger partial charge < -0.3 is 74.4 Å². The van der Waals surface area contributed by atoms with Crippen LogP contribution in [0.1, 0.15) is 63.0 Å². The van der Waals surface area contributed by atoms with Crippen molar-refractivity contribution in [3.63, 3.8) is 0 Å². The second-order valence-corrected chi connectivity index (χ2v) is 27.8. The second kappa shape index (κ2) is 46.7. The maximum atomic E-state index is 5.71. The summed E-state index contributed by atoms with van der Waals surface area (Å²) in [6, 6.07) is 24.2. The lowest BCUT2D eigenvalue weighted by molar-refractivity contribution is 0.109. The number of halogens is 1. The zero-order valence-corrected chi connectivity index (χ0v) is 48.9. The lowest BCUT2D eigenvalue weighted by atomic mass is 10.2. The van der Waals surface area contributed by atoms with Crippen molar-refractivity contribution in [1.29, 1.82) is 0 Å². The van der Waals surface area contributed by atoms with Crippen molar-refractivity contribution in [3.05, 3.63) is 84.4 Å². The summed E-state index contributed by atoms with van der Waals surface area (Å²) in [4.78, 5) is 0. The van der Waals surface area contributed by atoms with Crippen LogP contribution in [0.3, 0.4) is 0 Å². The third-order valence-corrected chi connectivity index (χ3v) is 22.3. The fourth-order valence-corrected chi connectivity index (χ4v) is 14.0. The highest BCUT2D eigenvalue weighted by molar-refractivity contribution is 6.61. The summed E-state index contributed by atoms with van der Waals surface area (Å²) >= 11 is 5.53. The van der Waals surface area contributed by atoms with E-state index in [1.165, 1.54) is 30.4 Å². The van der Waals surface area contributed by atoms with Crippen LogP contribution in [0.15, 0.2) is 73.3 Å². The predicted molar refractivity (Wildman–Crippen MR) is 286 cm³/mol. The Bertz CT molecular complexity index is 1340. The molecule has 0 saturated carbocycles. The Morgan fingerprint density at radius 1 is 0.426 bits per heavy atom. The van der Waals surface area contributed by atoms with Crippen LogP contribution in [0.4, 0.5) is 0 Å². The second-order valence-electron chi connectivity index (χ2n) is 15.2. The van der Waals surface area contributed by atoms with Crippen molar-refractivity contribution in [1.82, 2.24) is 21.3 Å². The van der Waals surface area contributed by atoms with Gasteiger partial charge >= 0.3 is 35.2 Å². The lowest BCUT2D eigenvalue weighted by Crippen LogP contribution is -2.44. The van der Waals surface area contributed by atoms with Gasteiger partial charge in [-0.3, -0.25) is 0 Å². The Balaban J connectivity index is 0. The normalized spacial score (nSPS) is 11.8. The van der Waals surface area contributed by atoms with Gasteiger partial charge in [-0.05, 0) is 49.9 Å². The Morgan fingerprint density at radius 3 is 1.10 bits per heavy atom. The Morgan fingerprint density at radius 2 is 0.765 bits per heavy atom. The highest BCUT2D eigenvalue weighted by Crippen LogP contribution is 2.19. The zero-order chi connectivity index (χ0) is 51.1. The van der Waals surface area contributed by atoms with E-state index in [-0.39, 0.29) is 0 Å². The van der Waals surface area contributed by atoms with Crippen LogP contribution in [-0.4, -0.2) is 165 Å². The van der Waals surface area contributed by atoms with E-state index in [4.69, 9.17) is 64.7 Å². The summed E-state index contributed by atoms with van der Waals surface area (Å²) in [6.07, 6.45) is 9.43. The van der Waals surface area contributed by atoms with E-state index in [0.29, 0.717) is 12.5 Å². The highest BCUT2D eigenvalue weighted by Gasteiger charge is 2.39. The van der Waals surface area contributed by atoms with Crippen molar-refractivity contribution in [2.45, 2.75) is 89.1 Å². The van der Waals surface area contributed by atoms with E-state index in [2.05, 4.69) is 83.3 Å². The van der Waals surface area contributed by atoms with Gasteiger partial charge in [0.15, 0.2) is 0 Å². The first-order valence-electron chi connectivity index (χ1n) is 23.8. The molecule has 0 aliphatic rings. The summed E-state index contributed by atoms with van der Waals surface area (Å²) in [5.41, 5.74) is 2.62. The number of hydrogen-bond acceptors (Lipinski definition) is 16. The molecule has 4 N–H and O–H groups in total. The average Bonchev–Trinajstić information content (AvgIpc) is 3.40. The molecule has 0 fully saturated rings. The molecule has 2 aromatic rings. The van der Waals surface area contributed by atoms with E-state index in [1.54, 1.807) is 84.3 Å². The van der Waals surface area contributed by atoms with E-state index < -0.39 is 35.2 Å². The van der Waals surface area contributed by atoms with Gasteiger partial charge in [0.25, 0.3) is 0 Å². The molecule has 0 aliphatic heterocycles. The monoisotopic (exact) mass is 1050 g/mol. The summed E-state index contributed by atoms with van der Waals surface area (Å²) in [5.74, 6) is 0.616. The van der Waals surface area contributed by atoms with Crippen LogP contribution in [-0.2, 0) is 66.2 Å². The van der Waals surface area contributed by atoms with E-state index in [0.717, 1.165) is 102 Å². The van der Waals surface area contributed by atoms with Gasteiger partial charge in [0.05, 0.1) is 6.61 Å². The fraction of sp³-hybridized carbons (Fsp3) is 0.702. The number of unbranched alkanes of at least 4 members (excludes halogenated alkanes) is 3. The summed E-state index contributed by atoms with van der Waals surface area (Å²) in [7, 11) is 8.58. The molecule has 21 heteroatoms. The topological polar surface area (TPSA) is 159 Å². The van der Waals surface area contributed by atoms with Crippen LogP contribution >= 0.6 is 11.6 Å². The first kappa shape index (κ1) is 68.8. The van der Waals surface area contributed by atoms with Crippen molar-refractivity contribution in [3.8, 4) is 0 Å². The van der Waals surface area contributed by atoms with Gasteiger partial charge in [-0.2, -0.15) is 0 Å². The molecule has 0 amide bonds. The summed E-state index contributed by atoms with van der Waals surface area (Å²) < 4.78 is 64.3. The molecule has 0 bridgehead atoms. The quantitative estimate of drug-likeness (QED) is 0.0222. The maximum Gasteiger partial charge on any atom is 0.500 e. The predicted octanol–water partition coefficient (Wildman–Crippen LogP) is 7.76. The fourth-order valence-electron chi connectivity index (χ4n) is 6.50. The lowest BCUT2D eigenvalue weighted by Gasteiger charge is -2.25. The molecule has 0 atom stereocenters. The van der Waals surface area contributed by atoms with Gasteiger partial charge in [-0.1, -0.05) is 92.9 Å². The molecule has 0 spiro atoms. The minimum atomic E-state index is -2.51. The summed E-state index contributed by atoms with van der Waals surface area (Å²) in [5, 5.41) is 13.7. The molecule has 2 aromatic carbocycles. The van der Waals surface area contributed by atoms with Crippen LogP contribution in [0.25, 0.3) is 0 Å². The molecular weight excluding hydrogens is 960 g/mol. The van der Waals surface area contributed by atoms with Crippen LogP contribution < -0.4 is 21.3 Å². The average molecular weight is 1060 g/mol. The van der Waals surface area contributed by atoms with Crippen LogP contribution in [0.5, 0.6) is 0 Å². The van der Waals surface area contributed by atoms with Gasteiger partial charge in [-0.25, -0.2) is 0 Å². The van der Waals surface area contributed by atoms with Gasteiger partial charge in [-0.15, -0.1) is 18.2 Å². The van der Waals surface area contributed by atoms with Gasteiger partial charge in [0.1, 0.15) is 0 Å². The SMILES string of the molecule is C=CCO[Si](CCCNCCNCc1ccccc1)(OC)OC.CCCCCC[Si](OC)(OC)OC.CO[Si](CCCCl)(OC)OC.CO[Si](CCCNCCNCc1ccccc1)(OC)OC. The molecule has 0 heterocycles. The van der Waals surface area contributed by atoms with E-state index >= 15 is 0 Å². The molecule has 0 unspecified atom stereocenters. The van der Waals surface area contributed by atoms with Gasteiger partial charge in [0, 0.05) is 148 Å². The minimum absolute atomic E-state index is 0.463. The Hall–Kier alpha value is -1.30. The van der Waals surface area contributed by atoms with Crippen LogP contribution in [0, 0.1) is 0 Å². The van der Waals surface area contributed by atoms with Crippen molar-refractivity contribution < 1.29 is 53.1 Å². The number of benzene rings is 2. The van der Waals surface area contributed by atoms with Gasteiger partial charge in [0.2, 0.25) is 0 Å².